The number of esters is 5. The second-order valence-electron chi connectivity index (χ2n) is 36.1. The fraction of sp³-hybridized carbons (Fsp3) is 0.322. The lowest BCUT2D eigenvalue weighted by atomic mass is 9.53. The molecule has 0 N–H and O–H groups in total. The molecular formula is C115H122O15S4+4. The summed E-state index contributed by atoms with van der Waals surface area (Å²) in [6.07, 6.45) is 13.0. The van der Waals surface area contributed by atoms with Crippen LogP contribution >= 0.6 is 0 Å². The van der Waals surface area contributed by atoms with E-state index >= 15 is 0 Å². The van der Waals surface area contributed by atoms with Crippen LogP contribution in [-0.4, -0.2) is 91.6 Å². The highest BCUT2D eigenvalue weighted by Gasteiger charge is 2.57. The third-order valence-corrected chi connectivity index (χ3v) is 34.6. The zero-order chi connectivity index (χ0) is 93.9. The van der Waals surface area contributed by atoms with Crippen LogP contribution in [0.1, 0.15) is 155 Å². The van der Waals surface area contributed by atoms with Gasteiger partial charge in [0.15, 0.2) is 85.2 Å². The number of benzene rings is 12. The van der Waals surface area contributed by atoms with Gasteiger partial charge in [0, 0.05) is 66.8 Å². The van der Waals surface area contributed by atoms with Crippen LogP contribution in [0, 0.1) is 73.1 Å². The summed E-state index contributed by atoms with van der Waals surface area (Å²) in [5.41, 5.74) is 6.96. The molecule has 19 rings (SSSR count). The first-order valence-electron chi connectivity index (χ1n) is 46.8. The van der Waals surface area contributed by atoms with Crippen LogP contribution in [-0.2, 0) is 96.0 Å². The lowest BCUT2D eigenvalue weighted by molar-refractivity contribution is -0.191. The average Bonchev–Trinajstić information content (AvgIpc) is 1.000. The van der Waals surface area contributed by atoms with E-state index in [1.807, 2.05) is 72.7 Å². The van der Waals surface area contributed by atoms with Crippen molar-refractivity contribution in [3.63, 3.8) is 0 Å². The number of carbonyl (C=O) groups excluding carboxylic acids is 6. The highest BCUT2D eigenvalue weighted by atomic mass is 32.2. The van der Waals surface area contributed by atoms with Crippen molar-refractivity contribution < 1.29 is 71.4 Å². The minimum atomic E-state index is -0.825. The molecule has 15 nitrogen and oxygen atoms in total. The number of hydrogen-bond acceptors (Lipinski definition) is 15. The molecule has 12 aromatic rings. The van der Waals surface area contributed by atoms with Crippen LogP contribution in [0.5, 0.6) is 23.0 Å². The van der Waals surface area contributed by atoms with Crippen molar-refractivity contribution in [2.24, 2.45) is 17.8 Å². The van der Waals surface area contributed by atoms with Crippen molar-refractivity contribution in [3.05, 3.63) is 336 Å². The van der Waals surface area contributed by atoms with Gasteiger partial charge in [-0.3, -0.25) is 4.79 Å². The van der Waals surface area contributed by atoms with Gasteiger partial charge in [0.1, 0.15) is 45.6 Å². The van der Waals surface area contributed by atoms with E-state index in [1.165, 1.54) is 58.7 Å². The molecule has 12 aromatic carbocycles. The number of Topliss-reactive ketones (excluding diaryl/α,β-unsaturated/α-hetero) is 1. The van der Waals surface area contributed by atoms with E-state index in [9.17, 15) is 28.8 Å². The first kappa shape index (κ1) is 96.8. The van der Waals surface area contributed by atoms with Crippen molar-refractivity contribution >= 4 is 79.2 Å². The van der Waals surface area contributed by atoms with Gasteiger partial charge in [-0.25, -0.2) is 24.0 Å². The third kappa shape index (κ3) is 24.3. The standard InChI is InChI=1S/C32H33O4S.C29H33O3S.C28H31O3S.C26H25O5S/c1-21-13-28(37(26-9-5-3-6-10-26)27-11-7-4-8-12-27)14-22(2)31(21)35-20-29(33)36-32-17-23-15-24(18-32)30(34)25(16-23)19-32;1-4-29(17-11-12-18-29)32-27(30)21-31-28-22(2)19-26(20-23(28)3)33(24-13-7-5-8-14-24)25-15-9-6-10-16-25;1-21-18-25(32(23-12-6-4-7-13-23)24-14-8-5-9-15-24)19-22(2)27(21)30-20-26(29)31-28(3)16-10-11-17-28;1-18-15-22(32(20-9-5-3-6-10-20)21-11-7-4-8-12-21)16-19(2)25(18)30-17-24(27)31-23-13-14-29-26(23)28/h3-14,23-25H,15-20H2,1-2H3;5-10,13-16,19-20H,4,11-12,17-18,21H2,1-3H3;4-9,12-15,18-19H,10-11,16-17,20H2,1-3H3;3-12,15-16,23H,13-14,17H2,1-2H3/q4*+1. The second-order valence-corrected chi connectivity index (χ2v) is 44.2. The number of aryl methyl sites for hydroxylation is 8. The van der Waals surface area contributed by atoms with Gasteiger partial charge in [-0.05, 0) is 300 Å². The Morgan fingerprint density at radius 1 is 0.336 bits per heavy atom. The highest BCUT2D eigenvalue weighted by Crippen LogP contribution is 2.56. The predicted octanol–water partition coefficient (Wildman–Crippen LogP) is 24.8. The van der Waals surface area contributed by atoms with Crippen LogP contribution in [0.3, 0.4) is 0 Å². The molecule has 1 heterocycles. The Bertz CT molecular complexity index is 5750. The number of carbonyl (C=O) groups is 6. The molecule has 3 atom stereocenters. The van der Waals surface area contributed by atoms with Crippen LogP contribution in [0.2, 0.25) is 0 Å². The minimum Gasteiger partial charge on any atom is -0.481 e. The Hall–Kier alpha value is -11.7. The smallest absolute Gasteiger partial charge is 0.347 e. The lowest BCUT2D eigenvalue weighted by Gasteiger charge is -2.54. The molecule has 1 saturated heterocycles. The van der Waals surface area contributed by atoms with Gasteiger partial charge in [0.25, 0.3) is 0 Å². The van der Waals surface area contributed by atoms with Gasteiger partial charge in [0.2, 0.25) is 6.10 Å². The molecule has 7 aliphatic rings. The first-order chi connectivity index (χ1) is 64.9. The summed E-state index contributed by atoms with van der Waals surface area (Å²) in [6.45, 7) is 20.2. The molecule has 6 aliphatic carbocycles. The van der Waals surface area contributed by atoms with E-state index in [-0.39, 0.29) is 118 Å². The number of ketones is 1. The van der Waals surface area contributed by atoms with E-state index in [1.54, 1.807) is 0 Å². The van der Waals surface area contributed by atoms with E-state index in [2.05, 4.69) is 288 Å². The van der Waals surface area contributed by atoms with Gasteiger partial charge in [-0.15, -0.1) is 0 Å². The third-order valence-electron chi connectivity index (χ3n) is 25.8. The summed E-state index contributed by atoms with van der Waals surface area (Å²) >= 11 is 0. The molecule has 692 valence electrons. The Kier molecular flexibility index (Phi) is 32.6. The fourth-order valence-corrected chi connectivity index (χ4v) is 28.9. The van der Waals surface area contributed by atoms with E-state index < -0.39 is 23.6 Å². The van der Waals surface area contributed by atoms with Gasteiger partial charge in [0.05, 0.1) is 50.2 Å². The molecule has 4 bridgehead atoms. The number of ether oxygens (including phenoxy) is 9. The molecule has 0 radical (unpaired) electrons. The molecule has 7 fully saturated rings. The van der Waals surface area contributed by atoms with Crippen LogP contribution in [0.4, 0.5) is 0 Å². The van der Waals surface area contributed by atoms with Gasteiger partial charge >= 0.3 is 29.8 Å². The first-order valence-corrected chi connectivity index (χ1v) is 51.7. The normalized spacial score (nSPS) is 18.1. The van der Waals surface area contributed by atoms with Gasteiger partial charge in [-0.1, -0.05) is 153 Å². The maximum Gasteiger partial charge on any atom is 0.347 e. The minimum absolute atomic E-state index is 0.0497. The topological polar surface area (TPSA) is 185 Å². The van der Waals surface area contributed by atoms with Crippen molar-refractivity contribution in [1.29, 1.82) is 0 Å². The highest BCUT2D eigenvalue weighted by molar-refractivity contribution is 7.98. The summed E-state index contributed by atoms with van der Waals surface area (Å²) < 4.78 is 51.5. The van der Waals surface area contributed by atoms with Crippen molar-refractivity contribution in [2.45, 2.75) is 247 Å². The Morgan fingerprint density at radius 2 is 0.597 bits per heavy atom. The summed E-state index contributed by atoms with van der Waals surface area (Å²) in [5, 5.41) is 0. The van der Waals surface area contributed by atoms with Crippen molar-refractivity contribution in [1.82, 2.24) is 0 Å². The predicted molar refractivity (Wildman–Crippen MR) is 529 cm³/mol. The van der Waals surface area contributed by atoms with Gasteiger partial charge < -0.3 is 42.6 Å². The molecule has 3 unspecified atom stereocenters. The summed E-state index contributed by atoms with van der Waals surface area (Å²) in [7, 11) is -0.930. The average molecular weight is 1870 g/mol. The SMILES string of the molecule is CCC1(OC(=O)COc2c(C)cc([S+](c3ccccc3)c3ccccc3)cc2C)CCCC1.Cc1cc([S+](c2ccccc2)c2ccccc2)cc(C)c1OCC(=O)OC1(C)CCCC1.Cc1cc([S+](c2ccccc2)c2ccccc2)cc(C)c1OCC(=O)OC12CC3CC(C1)C(=O)C(C3)C2.Cc1cc([S+](c2ccccc2)c2ccccc2)cc(C)c1OCC(=O)OC1CCOC1=O. The number of cyclic esters (lactones) is 1. The van der Waals surface area contributed by atoms with E-state index in [4.69, 9.17) is 42.6 Å². The summed E-state index contributed by atoms with van der Waals surface area (Å²) in [5.74, 6) is 2.07. The largest absolute Gasteiger partial charge is 0.481 e. The van der Waals surface area contributed by atoms with Crippen LogP contribution < -0.4 is 18.9 Å². The maximum absolute atomic E-state index is 12.9. The molecule has 19 heteroatoms. The molecule has 6 saturated carbocycles. The molecule has 0 spiro atoms. The Labute approximate surface area is 801 Å². The maximum atomic E-state index is 12.9. The monoisotopic (exact) mass is 1870 g/mol. The second kappa shape index (κ2) is 45.1. The number of rotatable bonds is 29. The zero-order valence-electron chi connectivity index (χ0n) is 78.4. The van der Waals surface area contributed by atoms with E-state index in [0.29, 0.717) is 36.7 Å². The quantitative estimate of drug-likeness (QED) is 0.0245. The van der Waals surface area contributed by atoms with Crippen molar-refractivity contribution in [2.75, 3.05) is 33.0 Å². The molecule has 0 aromatic heterocycles. The van der Waals surface area contributed by atoms with E-state index in [0.717, 1.165) is 139 Å². The van der Waals surface area contributed by atoms with Gasteiger partial charge in [-0.2, -0.15) is 0 Å². The number of hydrogen-bond donors (Lipinski definition) is 0. The Balaban J connectivity index is 0.000000137. The Morgan fingerprint density at radius 3 is 0.866 bits per heavy atom. The van der Waals surface area contributed by atoms with Crippen molar-refractivity contribution in [3.8, 4) is 23.0 Å². The zero-order valence-corrected chi connectivity index (χ0v) is 81.7. The van der Waals surface area contributed by atoms with Crippen LogP contribution in [0.15, 0.2) is 350 Å². The molecule has 0 amide bonds. The molecular weight excluding hydrogens is 1750 g/mol. The molecule has 1 aliphatic heterocycles. The molecule has 134 heavy (non-hydrogen) atoms. The fourth-order valence-electron chi connectivity index (χ4n) is 19.8. The van der Waals surface area contributed by atoms with Crippen LogP contribution in [0.25, 0.3) is 0 Å². The lowest BCUT2D eigenvalue weighted by Crippen LogP contribution is -2.57. The summed E-state index contributed by atoms with van der Waals surface area (Å²) in [4.78, 5) is 89.0. The summed E-state index contributed by atoms with van der Waals surface area (Å²) in [6, 6.07) is 102.